The van der Waals surface area contributed by atoms with Crippen molar-refractivity contribution in [1.82, 2.24) is 0 Å². The third-order valence-electron chi connectivity index (χ3n) is 7.37. The molecule has 194 valence electrons. The minimum absolute atomic E-state index is 0.0163. The lowest BCUT2D eigenvalue weighted by Crippen LogP contribution is -2.48. The zero-order valence-corrected chi connectivity index (χ0v) is 20.9. The highest BCUT2D eigenvalue weighted by atomic mass is 32.1. The molecule has 0 aromatic heterocycles. The summed E-state index contributed by atoms with van der Waals surface area (Å²) in [5, 5.41) is 18.9. The summed E-state index contributed by atoms with van der Waals surface area (Å²) >= 11 is 5.77. The largest absolute Gasteiger partial charge is 0.484 e. The summed E-state index contributed by atoms with van der Waals surface area (Å²) < 4.78 is 47.0. The van der Waals surface area contributed by atoms with E-state index in [1.165, 1.54) is 11.0 Å². The molecule has 0 unspecified atom stereocenters. The molecule has 1 spiro atoms. The predicted molar refractivity (Wildman–Crippen MR) is 136 cm³/mol. The highest BCUT2D eigenvalue weighted by Gasteiger charge is 2.57. The van der Waals surface area contributed by atoms with E-state index >= 15 is 0 Å². The van der Waals surface area contributed by atoms with Gasteiger partial charge in [0, 0.05) is 12.2 Å². The Balaban J connectivity index is 1.60. The third-order valence-corrected chi connectivity index (χ3v) is 7.74. The van der Waals surface area contributed by atoms with E-state index in [2.05, 4.69) is 4.90 Å². The standard InChI is InChI=1S/C26H25F3N4O3S/c1-2-31-14-19(15-34)36-22-8-7-18(12-21(22)31)33-24(37)32(23(35)25(33)9-3-4-10-25)17-6-5-16(13-30)20(11-17)26(27,28)29/h5-8,11-12,19,34H,2-4,9-10,14-15H2,1H3/t19-/m0/s1. The normalized spacial score (nSPS) is 20.9. The molecule has 2 aromatic carbocycles. The van der Waals surface area contributed by atoms with E-state index in [0.29, 0.717) is 37.4 Å². The number of nitrogens with zero attached hydrogens (tertiary/aromatic N) is 4. The number of thiocarbonyl (C=S) groups is 1. The van der Waals surface area contributed by atoms with Gasteiger partial charge >= 0.3 is 6.18 Å². The highest BCUT2D eigenvalue weighted by molar-refractivity contribution is 7.81. The molecule has 37 heavy (non-hydrogen) atoms. The first kappa shape index (κ1) is 25.3. The van der Waals surface area contributed by atoms with Crippen molar-refractivity contribution in [3.8, 4) is 11.8 Å². The molecule has 1 saturated heterocycles. The van der Waals surface area contributed by atoms with Gasteiger partial charge in [-0.2, -0.15) is 18.4 Å². The van der Waals surface area contributed by atoms with Gasteiger partial charge in [0.15, 0.2) is 5.11 Å². The molecule has 1 amide bonds. The summed E-state index contributed by atoms with van der Waals surface area (Å²) in [6.07, 6.45) is -2.51. The molecule has 3 aliphatic rings. The van der Waals surface area contributed by atoms with E-state index < -0.39 is 22.8 Å². The molecule has 1 N–H and O–H groups in total. The van der Waals surface area contributed by atoms with Gasteiger partial charge in [0.25, 0.3) is 5.91 Å². The number of alkyl halides is 3. The fourth-order valence-corrected chi connectivity index (χ4v) is 6.08. The Morgan fingerprint density at radius 2 is 1.89 bits per heavy atom. The molecule has 0 bridgehead atoms. The molecular weight excluding hydrogens is 505 g/mol. The van der Waals surface area contributed by atoms with Gasteiger partial charge in [-0.1, -0.05) is 12.8 Å². The number of rotatable bonds is 4. The van der Waals surface area contributed by atoms with Crippen LogP contribution in [0.4, 0.5) is 30.2 Å². The Bertz CT molecular complexity index is 1300. The minimum Gasteiger partial charge on any atom is -0.484 e. The summed E-state index contributed by atoms with van der Waals surface area (Å²) in [5.74, 6) is 0.237. The number of hydrogen-bond acceptors (Lipinski definition) is 6. The Labute approximate surface area is 217 Å². The Morgan fingerprint density at radius 1 is 1.19 bits per heavy atom. The fraction of sp³-hybridized carbons (Fsp3) is 0.423. The van der Waals surface area contributed by atoms with Gasteiger partial charge < -0.3 is 19.6 Å². The number of aliphatic hydroxyl groups is 1. The average Bonchev–Trinajstić information content (AvgIpc) is 3.45. The number of aliphatic hydroxyl groups excluding tert-OH is 1. The number of anilines is 3. The van der Waals surface area contributed by atoms with Crippen LogP contribution in [0, 0.1) is 11.3 Å². The number of fused-ring (bicyclic) bond motifs is 1. The number of nitriles is 1. The van der Waals surface area contributed by atoms with Gasteiger partial charge in [0.1, 0.15) is 17.4 Å². The summed E-state index contributed by atoms with van der Waals surface area (Å²) in [5.41, 5.74) is -1.20. The van der Waals surface area contributed by atoms with Gasteiger partial charge in [-0.25, -0.2) is 0 Å². The molecule has 11 heteroatoms. The van der Waals surface area contributed by atoms with Crippen molar-refractivity contribution in [2.75, 3.05) is 34.4 Å². The molecule has 1 atom stereocenters. The molecule has 2 heterocycles. The van der Waals surface area contributed by atoms with Crippen LogP contribution in [0.3, 0.4) is 0 Å². The van der Waals surface area contributed by atoms with Crippen LogP contribution < -0.4 is 19.4 Å². The van der Waals surface area contributed by atoms with Gasteiger partial charge in [0.2, 0.25) is 0 Å². The summed E-state index contributed by atoms with van der Waals surface area (Å²) in [6.45, 7) is 3.03. The first-order valence-corrected chi connectivity index (χ1v) is 12.5. The molecular formula is C26H25F3N4O3S. The predicted octanol–water partition coefficient (Wildman–Crippen LogP) is 4.61. The van der Waals surface area contributed by atoms with E-state index in [4.69, 9.17) is 17.0 Å². The van der Waals surface area contributed by atoms with E-state index in [0.717, 1.165) is 30.7 Å². The van der Waals surface area contributed by atoms with Crippen LogP contribution in [-0.4, -0.2) is 47.5 Å². The van der Waals surface area contributed by atoms with Gasteiger partial charge in [-0.15, -0.1) is 0 Å². The number of ether oxygens (including phenoxy) is 1. The number of halogens is 3. The van der Waals surface area contributed by atoms with Crippen LogP contribution in [0.1, 0.15) is 43.7 Å². The Morgan fingerprint density at radius 3 is 2.51 bits per heavy atom. The maximum absolute atomic E-state index is 13.9. The number of amides is 1. The van der Waals surface area contributed by atoms with Crippen LogP contribution in [0.5, 0.6) is 5.75 Å². The molecule has 1 aliphatic carbocycles. The van der Waals surface area contributed by atoms with Crippen LogP contribution >= 0.6 is 12.2 Å². The first-order valence-electron chi connectivity index (χ1n) is 12.1. The van der Waals surface area contributed by atoms with Crippen LogP contribution in [0.2, 0.25) is 0 Å². The van der Waals surface area contributed by atoms with E-state index in [-0.39, 0.29) is 29.4 Å². The summed E-state index contributed by atoms with van der Waals surface area (Å²) in [7, 11) is 0. The van der Waals surface area contributed by atoms with Crippen LogP contribution in [0.15, 0.2) is 36.4 Å². The number of carbonyl (C=O) groups is 1. The lowest BCUT2D eigenvalue weighted by molar-refractivity contribution is -0.137. The minimum atomic E-state index is -4.76. The SMILES string of the molecule is CCN1C[C@@H](CO)Oc2ccc(N3C(=S)N(c4ccc(C#N)c(C(F)(F)F)c4)C(=O)C34CCCC4)cc21. The molecule has 1 saturated carbocycles. The smallest absolute Gasteiger partial charge is 0.417 e. The van der Waals surface area contributed by atoms with Crippen molar-refractivity contribution >= 4 is 40.3 Å². The van der Waals surface area contributed by atoms with Gasteiger partial charge in [-0.3, -0.25) is 9.69 Å². The second-order valence-electron chi connectivity index (χ2n) is 9.45. The third kappa shape index (κ3) is 3.99. The van der Waals surface area contributed by atoms with Crippen molar-refractivity contribution < 1.29 is 27.8 Å². The number of carbonyl (C=O) groups excluding carboxylic acids is 1. The molecule has 2 fully saturated rings. The van der Waals surface area contributed by atoms with E-state index in [1.54, 1.807) is 23.1 Å². The lowest BCUT2D eigenvalue weighted by Gasteiger charge is -2.37. The number of likely N-dealkylation sites (N-methyl/N-ethyl adjacent to an activating group) is 1. The monoisotopic (exact) mass is 530 g/mol. The Kier molecular flexibility index (Phi) is 6.28. The van der Waals surface area contributed by atoms with Crippen molar-refractivity contribution in [1.29, 1.82) is 5.26 Å². The average molecular weight is 531 g/mol. The summed E-state index contributed by atoms with van der Waals surface area (Å²) in [6, 6.07) is 10.2. The quantitative estimate of drug-likeness (QED) is 0.579. The zero-order valence-electron chi connectivity index (χ0n) is 20.1. The fourth-order valence-electron chi connectivity index (χ4n) is 5.61. The summed E-state index contributed by atoms with van der Waals surface area (Å²) in [4.78, 5) is 18.9. The lowest BCUT2D eigenvalue weighted by atomic mass is 9.94. The molecule has 7 nitrogen and oxygen atoms in total. The molecule has 2 aliphatic heterocycles. The van der Waals surface area contributed by atoms with Crippen molar-refractivity contribution in [2.24, 2.45) is 0 Å². The second kappa shape index (κ2) is 9.19. The zero-order chi connectivity index (χ0) is 26.5. The van der Waals surface area contributed by atoms with Crippen LogP contribution in [-0.2, 0) is 11.0 Å². The maximum atomic E-state index is 13.9. The molecule has 2 aromatic rings. The Hall–Kier alpha value is -3.36. The second-order valence-corrected chi connectivity index (χ2v) is 9.81. The number of hydrogen-bond donors (Lipinski definition) is 1. The molecule has 0 radical (unpaired) electrons. The van der Waals surface area contributed by atoms with Crippen molar-refractivity contribution in [3.63, 3.8) is 0 Å². The highest BCUT2D eigenvalue weighted by Crippen LogP contribution is 2.48. The van der Waals surface area contributed by atoms with Gasteiger partial charge in [-0.05, 0) is 68.4 Å². The first-order chi connectivity index (χ1) is 17.6. The van der Waals surface area contributed by atoms with Crippen molar-refractivity contribution in [2.45, 2.75) is 50.4 Å². The number of benzene rings is 2. The van der Waals surface area contributed by atoms with E-state index in [1.807, 2.05) is 13.0 Å². The van der Waals surface area contributed by atoms with Crippen LogP contribution in [0.25, 0.3) is 0 Å². The molecule has 5 rings (SSSR count). The van der Waals surface area contributed by atoms with Crippen molar-refractivity contribution in [3.05, 3.63) is 47.5 Å². The van der Waals surface area contributed by atoms with Gasteiger partial charge in [0.05, 0.1) is 41.7 Å². The topological polar surface area (TPSA) is 80.0 Å². The maximum Gasteiger partial charge on any atom is 0.417 e. The van der Waals surface area contributed by atoms with E-state index in [9.17, 15) is 28.3 Å².